The number of allylic oxidation sites excluding steroid dienone is 3. The SMILES string of the molecule is CCSc1oc(C)cc1C1C(C#N)=C(N)N(c2ccc([N+](=O)[O-])cc2Cl)C2=C1C(=O)CC(C)(C)C2. The van der Waals surface area contributed by atoms with Crippen LogP contribution in [0.15, 0.2) is 56.4 Å². The lowest BCUT2D eigenvalue weighted by molar-refractivity contribution is -0.384. The highest BCUT2D eigenvalue weighted by atomic mass is 35.5. The van der Waals surface area contributed by atoms with E-state index in [4.69, 9.17) is 21.8 Å². The largest absolute Gasteiger partial charge is 0.455 e. The zero-order chi connectivity index (χ0) is 25.7. The summed E-state index contributed by atoms with van der Waals surface area (Å²) in [4.78, 5) is 26.0. The van der Waals surface area contributed by atoms with Crippen LogP contribution in [-0.2, 0) is 4.79 Å². The monoisotopic (exact) mass is 512 g/mol. The number of carbonyl (C=O) groups is 1. The molecule has 0 bridgehead atoms. The normalized spacial score (nSPS) is 19.6. The molecule has 1 aliphatic heterocycles. The molecular weight excluding hydrogens is 488 g/mol. The van der Waals surface area contributed by atoms with Gasteiger partial charge in [0.2, 0.25) is 0 Å². The molecule has 0 amide bonds. The van der Waals surface area contributed by atoms with E-state index in [9.17, 15) is 20.2 Å². The van der Waals surface area contributed by atoms with Gasteiger partial charge in [0.05, 0.1) is 33.2 Å². The Bertz CT molecular complexity index is 1350. The summed E-state index contributed by atoms with van der Waals surface area (Å²) in [5.74, 6) is 0.835. The molecule has 2 heterocycles. The summed E-state index contributed by atoms with van der Waals surface area (Å²) in [7, 11) is 0. The number of halogens is 1. The quantitative estimate of drug-likeness (QED) is 0.285. The highest BCUT2D eigenvalue weighted by molar-refractivity contribution is 7.99. The number of hydrogen-bond acceptors (Lipinski definition) is 8. The van der Waals surface area contributed by atoms with Gasteiger partial charge >= 0.3 is 0 Å². The van der Waals surface area contributed by atoms with Crippen LogP contribution < -0.4 is 10.6 Å². The minimum Gasteiger partial charge on any atom is -0.455 e. The van der Waals surface area contributed by atoms with Crippen LogP contribution in [0.3, 0.4) is 0 Å². The number of thioether (sulfide) groups is 1. The summed E-state index contributed by atoms with van der Waals surface area (Å²) in [6.07, 6.45) is 0.820. The van der Waals surface area contributed by atoms with Gasteiger partial charge in [-0.05, 0) is 36.6 Å². The van der Waals surface area contributed by atoms with Crippen LogP contribution in [-0.4, -0.2) is 16.5 Å². The number of aryl methyl sites for hydroxylation is 1. The smallest absolute Gasteiger partial charge is 0.271 e. The first-order chi connectivity index (χ1) is 16.5. The van der Waals surface area contributed by atoms with Crippen molar-refractivity contribution in [3.63, 3.8) is 0 Å². The van der Waals surface area contributed by atoms with Crippen molar-refractivity contribution in [2.75, 3.05) is 10.7 Å². The van der Waals surface area contributed by atoms with Gasteiger partial charge in [-0.25, -0.2) is 0 Å². The molecule has 2 aromatic rings. The Morgan fingerprint density at radius 2 is 2.09 bits per heavy atom. The molecule has 0 fully saturated rings. The molecule has 0 saturated heterocycles. The minimum absolute atomic E-state index is 0.0733. The van der Waals surface area contributed by atoms with Crippen LogP contribution in [0.2, 0.25) is 5.02 Å². The fraction of sp³-hybridized carbons (Fsp3) is 0.360. The van der Waals surface area contributed by atoms with Gasteiger partial charge in [-0.1, -0.05) is 44.1 Å². The van der Waals surface area contributed by atoms with Crippen molar-refractivity contribution in [1.29, 1.82) is 5.26 Å². The highest BCUT2D eigenvalue weighted by Crippen LogP contribution is 2.52. The molecule has 2 aliphatic rings. The third-order valence-corrected chi connectivity index (χ3v) is 7.37. The Labute approximate surface area is 212 Å². The molecule has 8 nitrogen and oxygen atoms in total. The summed E-state index contributed by atoms with van der Waals surface area (Å²) in [6.45, 7) is 7.83. The fourth-order valence-corrected chi connectivity index (χ4v) is 5.90. The van der Waals surface area contributed by atoms with Crippen molar-refractivity contribution in [2.45, 2.75) is 51.5 Å². The number of nitriles is 1. The van der Waals surface area contributed by atoms with E-state index in [-0.39, 0.29) is 33.3 Å². The number of furan rings is 1. The number of nitro benzene ring substituents is 1. The molecule has 0 radical (unpaired) electrons. The van der Waals surface area contributed by atoms with Gasteiger partial charge in [-0.2, -0.15) is 5.26 Å². The van der Waals surface area contributed by atoms with Gasteiger partial charge in [0.1, 0.15) is 11.6 Å². The average molecular weight is 513 g/mol. The number of rotatable bonds is 5. The Hall–Kier alpha value is -3.22. The zero-order valence-corrected chi connectivity index (χ0v) is 21.4. The number of Topliss-reactive ketones (excluding diaryl/α,β-unsaturated/α-hetero) is 1. The molecule has 1 atom stereocenters. The molecule has 1 aromatic carbocycles. The maximum absolute atomic E-state index is 13.7. The molecule has 4 rings (SSSR count). The third kappa shape index (κ3) is 4.32. The molecule has 35 heavy (non-hydrogen) atoms. The summed E-state index contributed by atoms with van der Waals surface area (Å²) >= 11 is 7.99. The van der Waals surface area contributed by atoms with Crippen molar-refractivity contribution in [1.82, 2.24) is 0 Å². The molecule has 0 saturated carbocycles. The molecule has 0 spiro atoms. The van der Waals surface area contributed by atoms with Gasteiger partial charge < -0.3 is 10.2 Å². The van der Waals surface area contributed by atoms with Gasteiger partial charge in [0.15, 0.2) is 10.9 Å². The van der Waals surface area contributed by atoms with Gasteiger partial charge in [0, 0.05) is 35.4 Å². The van der Waals surface area contributed by atoms with Crippen molar-refractivity contribution in [3.05, 3.63) is 73.4 Å². The Kier molecular flexibility index (Phi) is 6.47. The van der Waals surface area contributed by atoms with E-state index in [1.165, 1.54) is 30.0 Å². The maximum atomic E-state index is 13.7. The standard InChI is InChI=1S/C25H25ClN4O4S/c1-5-35-24-15(8-13(2)34-24)21-16(12-27)23(28)29(18-7-6-14(30(32)33)9-17(18)26)19-10-25(3,4)11-20(31)22(19)21/h6-9,21H,5,10-11,28H2,1-4H3. The zero-order valence-electron chi connectivity index (χ0n) is 19.8. The topological polar surface area (TPSA) is 126 Å². The van der Waals surface area contributed by atoms with Crippen molar-refractivity contribution < 1.29 is 14.1 Å². The van der Waals surface area contributed by atoms with Crippen LogP contribution in [0.4, 0.5) is 11.4 Å². The van der Waals surface area contributed by atoms with Crippen LogP contribution in [0.1, 0.15) is 50.9 Å². The first-order valence-corrected chi connectivity index (χ1v) is 12.5. The van der Waals surface area contributed by atoms with Crippen molar-refractivity contribution in [3.8, 4) is 6.07 Å². The number of hydrogen-bond donors (Lipinski definition) is 1. The number of carbonyl (C=O) groups excluding carboxylic acids is 1. The first-order valence-electron chi connectivity index (χ1n) is 11.1. The van der Waals surface area contributed by atoms with E-state index in [1.807, 2.05) is 33.8 Å². The summed E-state index contributed by atoms with van der Waals surface area (Å²) < 4.78 is 5.92. The van der Waals surface area contributed by atoms with E-state index in [0.29, 0.717) is 40.7 Å². The first kappa shape index (κ1) is 24.9. The molecule has 182 valence electrons. The van der Waals surface area contributed by atoms with E-state index in [0.717, 1.165) is 11.3 Å². The van der Waals surface area contributed by atoms with Crippen LogP contribution in [0, 0.1) is 33.8 Å². The van der Waals surface area contributed by atoms with Gasteiger partial charge in [-0.15, -0.1) is 0 Å². The number of nitrogens with two attached hydrogens (primary N) is 1. The molecule has 1 aromatic heterocycles. The van der Waals surface area contributed by atoms with E-state index >= 15 is 0 Å². The Morgan fingerprint density at radius 3 is 2.69 bits per heavy atom. The molecular formula is C25H25ClN4O4S. The Balaban J connectivity index is 2.01. The summed E-state index contributed by atoms with van der Waals surface area (Å²) in [5, 5.41) is 22.2. The van der Waals surface area contributed by atoms with E-state index in [2.05, 4.69) is 6.07 Å². The number of ketones is 1. The predicted molar refractivity (Wildman–Crippen MR) is 135 cm³/mol. The lowest BCUT2D eigenvalue weighted by atomic mass is 9.69. The fourth-order valence-electron chi connectivity index (χ4n) is 4.84. The van der Waals surface area contributed by atoms with Gasteiger partial charge in [0.25, 0.3) is 5.69 Å². The summed E-state index contributed by atoms with van der Waals surface area (Å²) in [5.41, 5.74) is 8.59. The molecule has 10 heteroatoms. The number of benzene rings is 1. The number of nitro groups is 1. The van der Waals surface area contributed by atoms with Crippen molar-refractivity contribution in [2.24, 2.45) is 11.1 Å². The second kappa shape index (κ2) is 9.10. The maximum Gasteiger partial charge on any atom is 0.271 e. The average Bonchev–Trinajstić information content (AvgIpc) is 3.12. The number of anilines is 1. The molecule has 1 aliphatic carbocycles. The number of non-ortho nitro benzene ring substituents is 1. The van der Waals surface area contributed by atoms with Crippen LogP contribution >= 0.6 is 23.4 Å². The lowest BCUT2D eigenvalue weighted by Gasteiger charge is -2.43. The summed E-state index contributed by atoms with van der Waals surface area (Å²) in [6, 6.07) is 8.16. The van der Waals surface area contributed by atoms with Gasteiger partial charge in [-0.3, -0.25) is 19.8 Å². The predicted octanol–water partition coefficient (Wildman–Crippen LogP) is 6.20. The highest BCUT2D eigenvalue weighted by Gasteiger charge is 2.46. The Morgan fingerprint density at radius 1 is 1.37 bits per heavy atom. The second-order valence-corrected chi connectivity index (χ2v) is 11.1. The van der Waals surface area contributed by atoms with Crippen LogP contribution in [0.25, 0.3) is 0 Å². The second-order valence-electron chi connectivity index (χ2n) is 9.41. The van der Waals surface area contributed by atoms with Crippen molar-refractivity contribution >= 4 is 40.5 Å². The molecule has 2 N–H and O–H groups in total. The van der Waals surface area contributed by atoms with E-state index in [1.54, 1.807) is 4.90 Å². The van der Waals surface area contributed by atoms with Crippen LogP contribution in [0.5, 0.6) is 0 Å². The third-order valence-electron chi connectivity index (χ3n) is 6.20. The lowest BCUT2D eigenvalue weighted by Crippen LogP contribution is -2.42. The minimum atomic E-state index is -0.668. The number of nitrogens with zero attached hydrogens (tertiary/aromatic N) is 3. The van der Waals surface area contributed by atoms with E-state index < -0.39 is 10.8 Å². The molecule has 1 unspecified atom stereocenters.